The first-order chi connectivity index (χ1) is 13.1. The van der Waals surface area contributed by atoms with Gasteiger partial charge in [-0.1, -0.05) is 35.3 Å². The van der Waals surface area contributed by atoms with Gasteiger partial charge in [-0.15, -0.1) is 0 Å². The van der Waals surface area contributed by atoms with Crippen molar-refractivity contribution in [3.8, 4) is 5.75 Å². The highest BCUT2D eigenvalue weighted by molar-refractivity contribution is 9.10. The zero-order chi connectivity index (χ0) is 20.6. The first kappa shape index (κ1) is 21.3. The largest absolute Gasteiger partial charge is 0.495 e. The molecule has 0 fully saturated rings. The second kappa shape index (κ2) is 8.13. The fourth-order valence-electron chi connectivity index (χ4n) is 3.39. The molecule has 0 saturated carbocycles. The maximum Gasteiger partial charge on any atom is 0.415 e. The molecule has 0 spiro atoms. The van der Waals surface area contributed by atoms with Gasteiger partial charge in [0.1, 0.15) is 11.4 Å². The lowest BCUT2D eigenvalue weighted by Crippen LogP contribution is -2.42. The molecule has 0 bridgehead atoms. The van der Waals surface area contributed by atoms with Crippen LogP contribution in [0, 0.1) is 0 Å². The van der Waals surface area contributed by atoms with E-state index in [0.717, 1.165) is 15.6 Å². The van der Waals surface area contributed by atoms with E-state index in [1.165, 1.54) is 0 Å². The van der Waals surface area contributed by atoms with E-state index in [-0.39, 0.29) is 6.04 Å². The molecule has 1 unspecified atom stereocenters. The number of ether oxygens (including phenoxy) is 2. The minimum atomic E-state index is -0.633. The summed E-state index contributed by atoms with van der Waals surface area (Å²) in [5.41, 5.74) is 1.85. The third-order valence-corrected chi connectivity index (χ3v) is 6.07. The number of rotatable bonds is 2. The Morgan fingerprint density at radius 3 is 2.43 bits per heavy atom. The van der Waals surface area contributed by atoms with E-state index in [1.54, 1.807) is 18.1 Å². The van der Waals surface area contributed by atoms with Crippen LogP contribution < -0.4 is 9.64 Å². The van der Waals surface area contributed by atoms with Gasteiger partial charge in [-0.05, 0) is 78.9 Å². The van der Waals surface area contributed by atoms with Gasteiger partial charge in [0.25, 0.3) is 0 Å². The molecule has 1 aliphatic rings. The Morgan fingerprint density at radius 2 is 1.86 bits per heavy atom. The molecule has 150 valence electrons. The molecule has 1 atom stereocenters. The van der Waals surface area contributed by atoms with E-state index in [2.05, 4.69) is 15.9 Å². The predicted molar refractivity (Wildman–Crippen MR) is 117 cm³/mol. The quantitative estimate of drug-likeness (QED) is 0.450. The van der Waals surface area contributed by atoms with Crippen LogP contribution in [0.1, 0.15) is 44.4 Å². The summed E-state index contributed by atoms with van der Waals surface area (Å²) in [5, 5.41) is 1.23. The first-order valence-corrected chi connectivity index (χ1v) is 10.5. The summed E-state index contributed by atoms with van der Waals surface area (Å²) in [5.74, 6) is 0.566. The number of benzene rings is 2. The number of hydrogen-bond donors (Lipinski definition) is 0. The summed E-state index contributed by atoms with van der Waals surface area (Å²) >= 11 is 16.1. The number of hydrogen-bond acceptors (Lipinski definition) is 3. The van der Waals surface area contributed by atoms with E-state index < -0.39 is 11.7 Å². The van der Waals surface area contributed by atoms with Crippen LogP contribution in [0.4, 0.5) is 10.5 Å². The molecule has 1 amide bonds. The molecule has 3 rings (SSSR count). The minimum absolute atomic E-state index is 0.217. The maximum atomic E-state index is 13.3. The molecule has 0 aliphatic carbocycles. The van der Waals surface area contributed by atoms with Gasteiger partial charge in [0.2, 0.25) is 0 Å². The van der Waals surface area contributed by atoms with E-state index in [0.29, 0.717) is 34.3 Å². The van der Waals surface area contributed by atoms with Crippen LogP contribution in [0.3, 0.4) is 0 Å². The van der Waals surface area contributed by atoms with Crippen LogP contribution in [0.15, 0.2) is 34.8 Å². The molecule has 0 saturated heterocycles. The van der Waals surface area contributed by atoms with Gasteiger partial charge in [-0.25, -0.2) is 4.79 Å². The van der Waals surface area contributed by atoms with Crippen molar-refractivity contribution in [3.63, 3.8) is 0 Å². The number of fused-ring (bicyclic) bond motifs is 1. The van der Waals surface area contributed by atoms with Gasteiger partial charge in [-0.2, -0.15) is 0 Å². The van der Waals surface area contributed by atoms with Gasteiger partial charge in [0, 0.05) is 9.50 Å². The molecule has 4 nitrogen and oxygen atoms in total. The van der Waals surface area contributed by atoms with Gasteiger partial charge >= 0.3 is 6.09 Å². The standard InChI is InChI=1S/C21H22BrCl2NO3/c1-21(2,3)28-20(26)25-16(12-5-7-13(23)8-6-12)10-9-14-18(24)15(22)11-17(27-4)19(14)25/h5-8,11,16H,9-10H2,1-4H3. The second-order valence-corrected chi connectivity index (χ2v) is 9.33. The lowest BCUT2D eigenvalue weighted by atomic mass is 9.91. The van der Waals surface area contributed by atoms with Gasteiger partial charge in [0.15, 0.2) is 0 Å². The minimum Gasteiger partial charge on any atom is -0.495 e. The van der Waals surface area contributed by atoms with Crippen molar-refractivity contribution in [3.05, 3.63) is 56.0 Å². The summed E-state index contributed by atoms with van der Waals surface area (Å²) in [6.07, 6.45) is 0.967. The van der Waals surface area contributed by atoms with Gasteiger partial charge in [0.05, 0.1) is 23.9 Å². The highest BCUT2D eigenvalue weighted by Gasteiger charge is 2.38. The van der Waals surface area contributed by atoms with Crippen molar-refractivity contribution in [1.82, 2.24) is 0 Å². The van der Waals surface area contributed by atoms with Crippen LogP contribution in [-0.2, 0) is 11.2 Å². The predicted octanol–water partition coefficient (Wildman–Crippen LogP) is 7.19. The smallest absolute Gasteiger partial charge is 0.415 e. The molecule has 7 heteroatoms. The van der Waals surface area contributed by atoms with Crippen molar-refractivity contribution >= 4 is 50.9 Å². The fourth-order valence-corrected chi connectivity index (χ4v) is 4.20. The fraction of sp³-hybridized carbons (Fsp3) is 0.381. The van der Waals surface area contributed by atoms with E-state index in [4.69, 9.17) is 32.7 Å². The van der Waals surface area contributed by atoms with Crippen molar-refractivity contribution < 1.29 is 14.3 Å². The van der Waals surface area contributed by atoms with Crippen LogP contribution in [0.5, 0.6) is 5.75 Å². The Labute approximate surface area is 183 Å². The lowest BCUT2D eigenvalue weighted by molar-refractivity contribution is 0.0559. The molecule has 2 aromatic carbocycles. The second-order valence-electron chi connectivity index (χ2n) is 7.66. The Hall–Kier alpha value is -1.43. The summed E-state index contributed by atoms with van der Waals surface area (Å²) in [6.45, 7) is 5.54. The molecule has 0 radical (unpaired) electrons. The maximum absolute atomic E-state index is 13.3. The van der Waals surface area contributed by atoms with Crippen LogP contribution in [-0.4, -0.2) is 18.8 Å². The average molecular weight is 487 g/mol. The molecule has 2 aromatic rings. The van der Waals surface area contributed by atoms with Crippen LogP contribution in [0.2, 0.25) is 10.0 Å². The van der Waals surface area contributed by atoms with E-state index >= 15 is 0 Å². The third kappa shape index (κ3) is 4.27. The molecule has 28 heavy (non-hydrogen) atoms. The SMILES string of the molecule is COc1cc(Br)c(Cl)c2c1N(C(=O)OC(C)(C)C)C(c1ccc(Cl)cc1)CC2. The summed E-state index contributed by atoms with van der Waals surface area (Å²) in [7, 11) is 1.58. The Morgan fingerprint density at radius 1 is 1.21 bits per heavy atom. The van der Waals surface area contributed by atoms with Crippen LogP contribution in [0.25, 0.3) is 0 Å². The van der Waals surface area contributed by atoms with E-state index in [1.807, 2.05) is 45.0 Å². The lowest BCUT2D eigenvalue weighted by Gasteiger charge is -2.39. The number of amides is 1. The Balaban J connectivity index is 2.18. The van der Waals surface area contributed by atoms with Gasteiger partial charge in [-0.3, -0.25) is 4.90 Å². The Kier molecular flexibility index (Phi) is 6.18. The number of methoxy groups -OCH3 is 1. The molecule has 0 aromatic heterocycles. The zero-order valence-electron chi connectivity index (χ0n) is 16.2. The molecule has 1 heterocycles. The normalized spacial score (nSPS) is 16.5. The zero-order valence-corrected chi connectivity index (χ0v) is 19.3. The van der Waals surface area contributed by atoms with Gasteiger partial charge < -0.3 is 9.47 Å². The third-order valence-electron chi connectivity index (χ3n) is 4.54. The van der Waals surface area contributed by atoms with Crippen molar-refractivity contribution in [1.29, 1.82) is 0 Å². The number of carbonyl (C=O) groups is 1. The topological polar surface area (TPSA) is 38.8 Å². The molecule has 1 aliphatic heterocycles. The highest BCUT2D eigenvalue weighted by atomic mass is 79.9. The number of nitrogens with zero attached hydrogens (tertiary/aromatic N) is 1. The average Bonchev–Trinajstić information content (AvgIpc) is 2.63. The monoisotopic (exact) mass is 485 g/mol. The molecule has 0 N–H and O–H groups in total. The summed E-state index contributed by atoms with van der Waals surface area (Å²) in [6, 6.07) is 9.08. The number of anilines is 1. The number of carbonyl (C=O) groups excluding carboxylic acids is 1. The van der Waals surface area contributed by atoms with Crippen molar-refractivity contribution in [2.24, 2.45) is 0 Å². The van der Waals surface area contributed by atoms with Crippen molar-refractivity contribution in [2.45, 2.75) is 45.3 Å². The Bertz CT molecular complexity index is 894. The first-order valence-electron chi connectivity index (χ1n) is 8.95. The van der Waals surface area contributed by atoms with Crippen molar-refractivity contribution in [2.75, 3.05) is 12.0 Å². The molecular formula is C21H22BrCl2NO3. The highest BCUT2D eigenvalue weighted by Crippen LogP contribution is 2.49. The summed E-state index contributed by atoms with van der Waals surface area (Å²) in [4.78, 5) is 14.9. The molecular weight excluding hydrogens is 465 g/mol. The number of halogens is 3. The summed E-state index contributed by atoms with van der Waals surface area (Å²) < 4.78 is 12.1. The van der Waals surface area contributed by atoms with Crippen LogP contribution >= 0.6 is 39.1 Å². The van der Waals surface area contributed by atoms with E-state index in [9.17, 15) is 4.79 Å².